The van der Waals surface area contributed by atoms with Gasteiger partial charge in [-0.3, -0.25) is 0 Å². The van der Waals surface area contributed by atoms with Crippen LogP contribution in [0, 0.1) is 0 Å². The Balaban J connectivity index is 3.80. The molecular weight excluding hydrogens is 134 g/mol. The quantitative estimate of drug-likeness (QED) is 0.609. The molecule has 0 heterocycles. The van der Waals surface area contributed by atoms with Gasteiger partial charge in [-0.1, -0.05) is 24.8 Å². The van der Waals surface area contributed by atoms with Gasteiger partial charge in [-0.25, -0.2) is 0 Å². The average Bonchev–Trinajstić information content (AvgIpc) is 1.86. The summed E-state index contributed by atoms with van der Waals surface area (Å²) in [4.78, 5) is 0. The molecule has 0 bridgehead atoms. The lowest BCUT2D eigenvalue weighted by Gasteiger charge is -2.08. The van der Waals surface area contributed by atoms with Crippen LogP contribution in [0.2, 0.25) is 0 Å². The van der Waals surface area contributed by atoms with Crippen molar-refractivity contribution in [3.05, 3.63) is 36.6 Å². The van der Waals surface area contributed by atoms with Gasteiger partial charge in [0.05, 0.1) is 0 Å². The Morgan fingerprint density at radius 1 is 1.36 bits per heavy atom. The minimum absolute atomic E-state index is 0.503. The van der Waals surface area contributed by atoms with Crippen LogP contribution in [0.3, 0.4) is 0 Å². The zero-order valence-corrected chi connectivity index (χ0v) is 7.59. The van der Waals surface area contributed by atoms with Crippen molar-refractivity contribution in [2.75, 3.05) is 0 Å². The van der Waals surface area contributed by atoms with Crippen molar-refractivity contribution in [1.29, 1.82) is 0 Å². The summed E-state index contributed by atoms with van der Waals surface area (Å²) < 4.78 is 0. The number of hydrogen-bond acceptors (Lipinski definition) is 1. The highest BCUT2D eigenvalue weighted by Crippen LogP contribution is 1.90. The molecule has 1 heteroatoms. The summed E-state index contributed by atoms with van der Waals surface area (Å²) >= 11 is 0. The molecule has 0 aliphatic heterocycles. The Kier molecular flexibility index (Phi) is 5.26. The molecule has 0 aromatic carbocycles. The molecule has 0 saturated carbocycles. The van der Waals surface area contributed by atoms with Crippen molar-refractivity contribution in [3.8, 4) is 0 Å². The van der Waals surface area contributed by atoms with E-state index in [2.05, 4.69) is 25.7 Å². The topological polar surface area (TPSA) is 12.0 Å². The van der Waals surface area contributed by atoms with Gasteiger partial charge in [-0.2, -0.15) is 0 Å². The number of allylic oxidation sites excluding steroid dienone is 5. The van der Waals surface area contributed by atoms with Crippen molar-refractivity contribution in [1.82, 2.24) is 5.32 Å². The van der Waals surface area contributed by atoms with Crippen molar-refractivity contribution in [2.24, 2.45) is 0 Å². The van der Waals surface area contributed by atoms with Crippen molar-refractivity contribution >= 4 is 0 Å². The van der Waals surface area contributed by atoms with E-state index in [4.69, 9.17) is 0 Å². The van der Waals surface area contributed by atoms with Crippen LogP contribution in [0.15, 0.2) is 36.6 Å². The van der Waals surface area contributed by atoms with Crippen LogP contribution in [0.25, 0.3) is 0 Å². The fraction of sp³-hybridized carbons (Fsp3) is 0.400. The maximum Gasteiger partial charge on any atom is 0.0201 e. The van der Waals surface area contributed by atoms with Gasteiger partial charge in [0, 0.05) is 11.7 Å². The Labute approximate surface area is 69.5 Å². The summed E-state index contributed by atoms with van der Waals surface area (Å²) in [5.74, 6) is 0. The Hall–Kier alpha value is -0.980. The molecule has 0 radical (unpaired) electrons. The van der Waals surface area contributed by atoms with E-state index < -0.39 is 0 Å². The second kappa shape index (κ2) is 5.78. The first-order valence-corrected chi connectivity index (χ1v) is 3.89. The van der Waals surface area contributed by atoms with E-state index in [0.717, 1.165) is 0 Å². The van der Waals surface area contributed by atoms with Crippen LogP contribution in [-0.2, 0) is 0 Å². The van der Waals surface area contributed by atoms with E-state index in [-0.39, 0.29) is 0 Å². The lowest BCUT2D eigenvalue weighted by molar-refractivity contribution is 0.669. The van der Waals surface area contributed by atoms with E-state index >= 15 is 0 Å². The Bertz CT molecular complexity index is 164. The normalized spacial score (nSPS) is 12.5. The fourth-order valence-corrected chi connectivity index (χ4v) is 0.782. The molecule has 1 N–H and O–H groups in total. The predicted octanol–water partition coefficient (Wildman–Crippen LogP) is 2.63. The highest BCUT2D eigenvalue weighted by molar-refractivity contribution is 5.13. The second-order valence-electron chi connectivity index (χ2n) is 2.77. The summed E-state index contributed by atoms with van der Waals surface area (Å²) in [5.41, 5.74) is 1.18. The maximum absolute atomic E-state index is 3.58. The molecule has 0 aromatic rings. The van der Waals surface area contributed by atoms with E-state index in [0.29, 0.717) is 6.04 Å². The lowest BCUT2D eigenvalue weighted by atomic mass is 10.3. The molecule has 0 unspecified atom stereocenters. The summed E-state index contributed by atoms with van der Waals surface area (Å²) in [5, 5.41) is 3.28. The smallest absolute Gasteiger partial charge is 0.0201 e. The van der Waals surface area contributed by atoms with Gasteiger partial charge >= 0.3 is 0 Å². The van der Waals surface area contributed by atoms with Gasteiger partial charge in [0.2, 0.25) is 0 Å². The molecule has 0 rings (SSSR count). The van der Waals surface area contributed by atoms with Crippen molar-refractivity contribution in [2.45, 2.75) is 26.8 Å². The van der Waals surface area contributed by atoms with Crippen molar-refractivity contribution < 1.29 is 0 Å². The standard InChI is InChI=1S/C10H17N/c1-5-6-7-8-10(4)11-9(2)3/h5-9,11H,1H2,2-4H3/b7-6-,10-8+. The molecular formula is C10H17N. The third-order valence-corrected chi connectivity index (χ3v) is 1.11. The largest absolute Gasteiger partial charge is 0.386 e. The molecule has 11 heavy (non-hydrogen) atoms. The van der Waals surface area contributed by atoms with Crippen LogP contribution in [-0.4, -0.2) is 6.04 Å². The average molecular weight is 151 g/mol. The third kappa shape index (κ3) is 6.91. The molecule has 0 atom stereocenters. The number of nitrogens with one attached hydrogen (secondary N) is 1. The third-order valence-electron chi connectivity index (χ3n) is 1.11. The van der Waals surface area contributed by atoms with Crippen molar-refractivity contribution in [3.63, 3.8) is 0 Å². The molecule has 1 nitrogen and oxygen atoms in total. The molecule has 62 valence electrons. The minimum Gasteiger partial charge on any atom is -0.386 e. The zero-order valence-electron chi connectivity index (χ0n) is 7.59. The number of hydrogen-bond donors (Lipinski definition) is 1. The Morgan fingerprint density at radius 3 is 2.45 bits per heavy atom. The zero-order chi connectivity index (χ0) is 8.69. The molecule has 0 fully saturated rings. The first-order chi connectivity index (χ1) is 5.16. The van der Waals surface area contributed by atoms with E-state index in [1.54, 1.807) is 6.08 Å². The van der Waals surface area contributed by atoms with Gasteiger partial charge in [-0.15, -0.1) is 0 Å². The van der Waals surface area contributed by atoms with Crippen LogP contribution in [0.1, 0.15) is 20.8 Å². The van der Waals surface area contributed by atoms with Crippen LogP contribution < -0.4 is 5.32 Å². The molecule has 0 aromatic heterocycles. The SMILES string of the molecule is C=C/C=C\C=C(/C)NC(C)C. The van der Waals surface area contributed by atoms with Gasteiger partial charge in [0.15, 0.2) is 0 Å². The molecule has 0 saturated heterocycles. The van der Waals surface area contributed by atoms with E-state index in [1.807, 2.05) is 25.2 Å². The summed E-state index contributed by atoms with van der Waals surface area (Å²) in [6, 6.07) is 0.503. The van der Waals surface area contributed by atoms with Gasteiger partial charge in [0.25, 0.3) is 0 Å². The van der Waals surface area contributed by atoms with Crippen LogP contribution in [0.4, 0.5) is 0 Å². The Morgan fingerprint density at radius 2 is 2.00 bits per heavy atom. The van der Waals surface area contributed by atoms with Gasteiger partial charge in [0.1, 0.15) is 0 Å². The van der Waals surface area contributed by atoms with Crippen LogP contribution in [0.5, 0.6) is 0 Å². The highest BCUT2D eigenvalue weighted by Gasteiger charge is 1.88. The molecule has 0 amide bonds. The van der Waals surface area contributed by atoms with E-state index in [9.17, 15) is 0 Å². The predicted molar refractivity (Wildman–Crippen MR) is 51.4 cm³/mol. The van der Waals surface area contributed by atoms with Crippen LogP contribution >= 0.6 is 0 Å². The summed E-state index contributed by atoms with van der Waals surface area (Å²) in [6.45, 7) is 9.87. The van der Waals surface area contributed by atoms with Gasteiger partial charge in [-0.05, 0) is 26.8 Å². The minimum atomic E-state index is 0.503. The first-order valence-electron chi connectivity index (χ1n) is 3.89. The molecule has 0 spiro atoms. The highest BCUT2D eigenvalue weighted by atomic mass is 14.9. The molecule has 0 aliphatic carbocycles. The maximum atomic E-state index is 3.58. The summed E-state index contributed by atoms with van der Waals surface area (Å²) in [6.07, 6.45) is 7.67. The summed E-state index contributed by atoms with van der Waals surface area (Å²) in [7, 11) is 0. The second-order valence-corrected chi connectivity index (χ2v) is 2.77. The van der Waals surface area contributed by atoms with E-state index in [1.165, 1.54) is 5.70 Å². The van der Waals surface area contributed by atoms with Gasteiger partial charge < -0.3 is 5.32 Å². The lowest BCUT2D eigenvalue weighted by Crippen LogP contribution is -2.19. The fourth-order valence-electron chi connectivity index (χ4n) is 0.782. The first kappa shape index (κ1) is 10.0. The number of rotatable bonds is 4. The molecule has 0 aliphatic rings. The monoisotopic (exact) mass is 151 g/mol.